The van der Waals surface area contributed by atoms with E-state index in [0.29, 0.717) is 6.42 Å². The molecule has 0 aliphatic rings. The molecule has 0 amide bonds. The standard InChI is InChI=1S/C14H13NO.Ir/c16-11-3-4-12-6-8-13(9-7-12)14-5-1-2-10-15-14;/h1-2,5-11H,3-4H2;. The molecule has 1 heterocycles. The molecule has 0 spiro atoms. The number of aldehydes is 1. The third-order valence-corrected chi connectivity index (χ3v) is 2.47. The molecule has 1 radical (unpaired) electrons. The second kappa shape index (κ2) is 7.10. The van der Waals surface area contributed by atoms with Crippen LogP contribution in [0.4, 0.5) is 0 Å². The van der Waals surface area contributed by atoms with Crippen LogP contribution in [0.15, 0.2) is 48.7 Å². The zero-order valence-corrected chi connectivity index (χ0v) is 11.7. The van der Waals surface area contributed by atoms with Gasteiger partial charge in [0.15, 0.2) is 0 Å². The SMILES string of the molecule is O=CCCc1ccc(-c2ccccn2)cc1.[Ir]. The van der Waals surface area contributed by atoms with Gasteiger partial charge >= 0.3 is 0 Å². The molecule has 0 atom stereocenters. The number of hydrogen-bond donors (Lipinski definition) is 0. The molecule has 2 rings (SSSR count). The van der Waals surface area contributed by atoms with Crippen LogP contribution in [0.25, 0.3) is 11.3 Å². The van der Waals surface area contributed by atoms with Gasteiger partial charge in [-0.15, -0.1) is 0 Å². The third kappa shape index (κ3) is 3.88. The van der Waals surface area contributed by atoms with E-state index in [0.717, 1.165) is 24.0 Å². The van der Waals surface area contributed by atoms with E-state index in [2.05, 4.69) is 4.98 Å². The number of nitrogens with zero attached hydrogens (tertiary/aromatic N) is 1. The van der Waals surface area contributed by atoms with Crippen molar-refractivity contribution in [2.24, 2.45) is 0 Å². The van der Waals surface area contributed by atoms with Gasteiger partial charge in [0.2, 0.25) is 0 Å². The molecule has 1 aromatic heterocycles. The monoisotopic (exact) mass is 404 g/mol. The van der Waals surface area contributed by atoms with Crippen molar-refractivity contribution in [3.8, 4) is 11.3 Å². The summed E-state index contributed by atoms with van der Waals surface area (Å²) < 4.78 is 0. The van der Waals surface area contributed by atoms with E-state index in [-0.39, 0.29) is 20.1 Å². The number of benzene rings is 1. The van der Waals surface area contributed by atoms with Crippen molar-refractivity contribution in [3.63, 3.8) is 0 Å². The second-order valence-corrected chi connectivity index (χ2v) is 3.62. The maximum atomic E-state index is 10.3. The van der Waals surface area contributed by atoms with Gasteiger partial charge in [0, 0.05) is 38.3 Å². The summed E-state index contributed by atoms with van der Waals surface area (Å²) in [5.41, 5.74) is 3.27. The molecule has 0 saturated carbocycles. The molecule has 2 nitrogen and oxygen atoms in total. The molecule has 2 aromatic rings. The fourth-order valence-corrected chi connectivity index (χ4v) is 1.60. The second-order valence-electron chi connectivity index (χ2n) is 3.62. The Balaban J connectivity index is 0.00000144. The summed E-state index contributed by atoms with van der Waals surface area (Å²) in [6.07, 6.45) is 4.14. The van der Waals surface area contributed by atoms with Gasteiger partial charge < -0.3 is 4.79 Å². The topological polar surface area (TPSA) is 30.0 Å². The molecule has 0 aliphatic carbocycles. The first-order chi connectivity index (χ1) is 7.90. The minimum absolute atomic E-state index is 0. The van der Waals surface area contributed by atoms with E-state index in [1.807, 2.05) is 42.5 Å². The molecule has 0 saturated heterocycles. The van der Waals surface area contributed by atoms with Gasteiger partial charge in [-0.1, -0.05) is 30.3 Å². The summed E-state index contributed by atoms with van der Waals surface area (Å²) in [6.45, 7) is 0. The van der Waals surface area contributed by atoms with Crippen molar-refractivity contribution in [2.75, 3.05) is 0 Å². The average Bonchev–Trinajstić information content (AvgIpc) is 2.38. The summed E-state index contributed by atoms with van der Waals surface area (Å²) in [5, 5.41) is 0. The Labute approximate surface area is 114 Å². The Hall–Kier alpha value is -1.31. The van der Waals surface area contributed by atoms with E-state index in [9.17, 15) is 4.79 Å². The molecule has 0 unspecified atom stereocenters. The minimum Gasteiger partial charge on any atom is -0.303 e. The summed E-state index contributed by atoms with van der Waals surface area (Å²) in [6, 6.07) is 14.1. The van der Waals surface area contributed by atoms with Crippen molar-refractivity contribution in [3.05, 3.63) is 54.2 Å². The van der Waals surface area contributed by atoms with E-state index < -0.39 is 0 Å². The van der Waals surface area contributed by atoms with Gasteiger partial charge in [-0.05, 0) is 24.1 Å². The number of aryl methyl sites for hydroxylation is 1. The molecule has 0 N–H and O–H groups in total. The number of carbonyl (C=O) groups is 1. The normalized spacial score (nSPS) is 9.41. The fraction of sp³-hybridized carbons (Fsp3) is 0.143. The van der Waals surface area contributed by atoms with Crippen LogP contribution in [0.3, 0.4) is 0 Å². The van der Waals surface area contributed by atoms with Gasteiger partial charge in [-0.25, -0.2) is 0 Å². The van der Waals surface area contributed by atoms with Crippen molar-refractivity contribution < 1.29 is 24.9 Å². The molecule has 89 valence electrons. The fourth-order valence-electron chi connectivity index (χ4n) is 1.60. The smallest absolute Gasteiger partial charge is 0.120 e. The maximum Gasteiger partial charge on any atom is 0.120 e. The van der Waals surface area contributed by atoms with Gasteiger partial charge in [0.1, 0.15) is 6.29 Å². The third-order valence-electron chi connectivity index (χ3n) is 2.47. The molecular formula is C14H13IrNO. The first kappa shape index (κ1) is 13.8. The average molecular weight is 403 g/mol. The molecule has 0 bridgehead atoms. The van der Waals surface area contributed by atoms with Crippen molar-refractivity contribution in [2.45, 2.75) is 12.8 Å². The van der Waals surface area contributed by atoms with Crippen molar-refractivity contribution in [1.82, 2.24) is 4.98 Å². The van der Waals surface area contributed by atoms with Crippen molar-refractivity contribution >= 4 is 6.29 Å². The van der Waals surface area contributed by atoms with Crippen LogP contribution >= 0.6 is 0 Å². The summed E-state index contributed by atoms with van der Waals surface area (Å²) in [4.78, 5) is 14.5. The quantitative estimate of drug-likeness (QED) is 0.735. The van der Waals surface area contributed by atoms with Gasteiger partial charge in [0.05, 0.1) is 5.69 Å². The van der Waals surface area contributed by atoms with Crippen LogP contribution in [0.2, 0.25) is 0 Å². The number of carbonyl (C=O) groups excluding carboxylic acids is 1. The van der Waals surface area contributed by atoms with Crippen LogP contribution < -0.4 is 0 Å². The van der Waals surface area contributed by atoms with Crippen LogP contribution in [0.5, 0.6) is 0 Å². The zero-order chi connectivity index (χ0) is 11.2. The van der Waals surface area contributed by atoms with E-state index in [1.54, 1.807) is 6.20 Å². The Morgan fingerprint density at radius 2 is 1.82 bits per heavy atom. The zero-order valence-electron chi connectivity index (χ0n) is 9.30. The summed E-state index contributed by atoms with van der Waals surface area (Å²) >= 11 is 0. The molecule has 0 fully saturated rings. The molecular weight excluding hydrogens is 390 g/mol. The van der Waals surface area contributed by atoms with Crippen LogP contribution in [-0.2, 0) is 31.3 Å². The Morgan fingerprint density at radius 1 is 1.06 bits per heavy atom. The van der Waals surface area contributed by atoms with Gasteiger partial charge in [0.25, 0.3) is 0 Å². The summed E-state index contributed by atoms with van der Waals surface area (Å²) in [7, 11) is 0. The number of rotatable bonds is 4. The molecule has 0 aliphatic heterocycles. The number of aromatic nitrogens is 1. The first-order valence-corrected chi connectivity index (χ1v) is 5.34. The first-order valence-electron chi connectivity index (χ1n) is 5.34. The Morgan fingerprint density at radius 3 is 2.41 bits per heavy atom. The van der Waals surface area contributed by atoms with Crippen LogP contribution in [0, 0.1) is 0 Å². The predicted octanol–water partition coefficient (Wildman–Crippen LogP) is 2.88. The Bertz CT molecular complexity index is 453. The van der Waals surface area contributed by atoms with Gasteiger partial charge in [-0.3, -0.25) is 4.98 Å². The van der Waals surface area contributed by atoms with Crippen molar-refractivity contribution in [1.29, 1.82) is 0 Å². The Kier molecular flexibility index (Phi) is 5.74. The number of pyridine rings is 1. The van der Waals surface area contributed by atoms with Crippen LogP contribution in [-0.4, -0.2) is 11.3 Å². The predicted molar refractivity (Wildman–Crippen MR) is 64.1 cm³/mol. The number of hydrogen-bond acceptors (Lipinski definition) is 2. The molecule has 3 heteroatoms. The van der Waals surface area contributed by atoms with Gasteiger partial charge in [-0.2, -0.15) is 0 Å². The molecule has 1 aromatic carbocycles. The van der Waals surface area contributed by atoms with Crippen LogP contribution in [0.1, 0.15) is 12.0 Å². The maximum absolute atomic E-state index is 10.3. The van der Waals surface area contributed by atoms with E-state index in [1.165, 1.54) is 5.56 Å². The largest absolute Gasteiger partial charge is 0.303 e. The minimum atomic E-state index is 0. The van der Waals surface area contributed by atoms with E-state index >= 15 is 0 Å². The van der Waals surface area contributed by atoms with E-state index in [4.69, 9.17) is 0 Å². The molecule has 17 heavy (non-hydrogen) atoms. The summed E-state index contributed by atoms with van der Waals surface area (Å²) in [5.74, 6) is 0.